The van der Waals surface area contributed by atoms with Gasteiger partial charge in [-0.25, -0.2) is 4.98 Å². The molecule has 0 N–H and O–H groups in total. The second-order valence-electron chi connectivity index (χ2n) is 5.25. The van der Waals surface area contributed by atoms with Crippen molar-refractivity contribution in [1.29, 1.82) is 0 Å². The third kappa shape index (κ3) is 2.90. The van der Waals surface area contributed by atoms with E-state index in [2.05, 4.69) is 39.0 Å². The van der Waals surface area contributed by atoms with Gasteiger partial charge in [0, 0.05) is 32.9 Å². The summed E-state index contributed by atoms with van der Waals surface area (Å²) in [6.45, 7) is 3.04. The van der Waals surface area contributed by atoms with Gasteiger partial charge in [0.2, 0.25) is 5.95 Å². The summed E-state index contributed by atoms with van der Waals surface area (Å²) in [5, 5.41) is 0. The minimum atomic E-state index is 0.790. The van der Waals surface area contributed by atoms with Gasteiger partial charge < -0.3 is 9.80 Å². The molecule has 0 amide bonds. The first-order chi connectivity index (χ1) is 9.83. The maximum Gasteiger partial charge on any atom is 0.227 e. The van der Waals surface area contributed by atoms with Crippen LogP contribution in [0.25, 0.3) is 0 Å². The standard InChI is InChI=1S/C16H20N4/c1-19(13-14-7-3-2-4-8-14)16-17-10-9-15(18-16)20-11-5-6-12-20/h2-4,7-10H,5-6,11-13H2,1H3. The summed E-state index contributed by atoms with van der Waals surface area (Å²) in [5.74, 6) is 1.84. The van der Waals surface area contributed by atoms with Gasteiger partial charge in [0.25, 0.3) is 0 Å². The Bertz CT molecular complexity index is 549. The van der Waals surface area contributed by atoms with Crippen molar-refractivity contribution in [2.45, 2.75) is 19.4 Å². The van der Waals surface area contributed by atoms with Crippen LogP contribution in [0.1, 0.15) is 18.4 Å². The van der Waals surface area contributed by atoms with E-state index in [0.717, 1.165) is 31.4 Å². The van der Waals surface area contributed by atoms with E-state index in [1.165, 1.54) is 18.4 Å². The molecule has 1 aliphatic heterocycles. The van der Waals surface area contributed by atoms with E-state index in [9.17, 15) is 0 Å². The third-order valence-electron chi connectivity index (χ3n) is 3.66. The van der Waals surface area contributed by atoms with Crippen LogP contribution in [0.3, 0.4) is 0 Å². The van der Waals surface area contributed by atoms with Crippen LogP contribution in [0, 0.1) is 0 Å². The molecule has 3 rings (SSSR count). The number of hydrogen-bond acceptors (Lipinski definition) is 4. The molecule has 2 heterocycles. The van der Waals surface area contributed by atoms with E-state index in [0.29, 0.717) is 0 Å². The molecule has 0 bridgehead atoms. The van der Waals surface area contributed by atoms with Crippen molar-refractivity contribution in [2.24, 2.45) is 0 Å². The van der Waals surface area contributed by atoms with Crippen LogP contribution in [0.15, 0.2) is 42.6 Å². The largest absolute Gasteiger partial charge is 0.356 e. The van der Waals surface area contributed by atoms with Crippen LogP contribution in [0.2, 0.25) is 0 Å². The lowest BCUT2D eigenvalue weighted by atomic mass is 10.2. The van der Waals surface area contributed by atoms with Crippen LogP contribution in [-0.2, 0) is 6.54 Å². The Kier molecular flexibility index (Phi) is 3.81. The van der Waals surface area contributed by atoms with Crippen molar-refractivity contribution in [3.05, 3.63) is 48.2 Å². The summed E-state index contributed by atoms with van der Waals surface area (Å²) in [6, 6.07) is 12.4. The molecule has 2 aromatic rings. The van der Waals surface area contributed by atoms with E-state index in [-0.39, 0.29) is 0 Å². The second-order valence-corrected chi connectivity index (χ2v) is 5.25. The van der Waals surface area contributed by atoms with Crippen LogP contribution in [0.4, 0.5) is 11.8 Å². The number of rotatable bonds is 4. The molecule has 1 saturated heterocycles. The SMILES string of the molecule is CN(Cc1ccccc1)c1nccc(N2CCCC2)n1. The van der Waals surface area contributed by atoms with Gasteiger partial charge in [-0.1, -0.05) is 30.3 Å². The van der Waals surface area contributed by atoms with Gasteiger partial charge >= 0.3 is 0 Å². The summed E-state index contributed by atoms with van der Waals surface area (Å²) in [4.78, 5) is 13.5. The predicted molar refractivity (Wildman–Crippen MR) is 82.0 cm³/mol. The third-order valence-corrected chi connectivity index (χ3v) is 3.66. The Morgan fingerprint density at radius 1 is 1.10 bits per heavy atom. The molecule has 0 spiro atoms. The molecule has 4 nitrogen and oxygen atoms in total. The molecule has 104 valence electrons. The van der Waals surface area contributed by atoms with E-state index in [1.807, 2.05) is 25.4 Å². The first-order valence-corrected chi connectivity index (χ1v) is 7.16. The summed E-state index contributed by atoms with van der Waals surface area (Å²) in [5.41, 5.74) is 1.27. The van der Waals surface area contributed by atoms with E-state index in [4.69, 9.17) is 4.98 Å². The summed E-state index contributed by atoms with van der Waals surface area (Å²) in [7, 11) is 2.04. The highest BCUT2D eigenvalue weighted by atomic mass is 15.3. The van der Waals surface area contributed by atoms with Crippen molar-refractivity contribution < 1.29 is 0 Å². The molecule has 1 aromatic carbocycles. The second kappa shape index (κ2) is 5.90. The van der Waals surface area contributed by atoms with E-state index < -0.39 is 0 Å². The van der Waals surface area contributed by atoms with Crippen molar-refractivity contribution in [3.8, 4) is 0 Å². The molecule has 0 atom stereocenters. The molecule has 0 saturated carbocycles. The van der Waals surface area contributed by atoms with Crippen molar-refractivity contribution in [1.82, 2.24) is 9.97 Å². The van der Waals surface area contributed by atoms with Crippen LogP contribution < -0.4 is 9.80 Å². The quantitative estimate of drug-likeness (QED) is 0.853. The zero-order chi connectivity index (χ0) is 13.8. The molecular weight excluding hydrogens is 248 g/mol. The van der Waals surface area contributed by atoms with Gasteiger partial charge in [-0.15, -0.1) is 0 Å². The zero-order valence-electron chi connectivity index (χ0n) is 11.9. The van der Waals surface area contributed by atoms with Crippen molar-refractivity contribution >= 4 is 11.8 Å². The highest BCUT2D eigenvalue weighted by Crippen LogP contribution is 2.19. The average Bonchev–Trinajstić information content (AvgIpc) is 3.03. The average molecular weight is 268 g/mol. The fourth-order valence-electron chi connectivity index (χ4n) is 2.57. The lowest BCUT2D eigenvalue weighted by Crippen LogP contribution is -2.23. The minimum Gasteiger partial charge on any atom is -0.356 e. The van der Waals surface area contributed by atoms with Crippen molar-refractivity contribution in [2.75, 3.05) is 29.9 Å². The Morgan fingerprint density at radius 2 is 1.85 bits per heavy atom. The smallest absolute Gasteiger partial charge is 0.227 e. The van der Waals surface area contributed by atoms with E-state index >= 15 is 0 Å². The molecule has 4 heteroatoms. The molecule has 0 aliphatic carbocycles. The minimum absolute atomic E-state index is 0.790. The van der Waals surface area contributed by atoms with Gasteiger partial charge in [-0.3, -0.25) is 0 Å². The molecule has 1 aliphatic rings. The molecule has 1 aromatic heterocycles. The van der Waals surface area contributed by atoms with Crippen LogP contribution >= 0.6 is 0 Å². The fraction of sp³-hybridized carbons (Fsp3) is 0.375. The highest BCUT2D eigenvalue weighted by molar-refractivity contribution is 5.44. The van der Waals surface area contributed by atoms with Crippen LogP contribution in [-0.4, -0.2) is 30.1 Å². The Morgan fingerprint density at radius 3 is 2.60 bits per heavy atom. The Balaban J connectivity index is 1.74. The number of anilines is 2. The van der Waals surface area contributed by atoms with Gasteiger partial charge in [-0.05, 0) is 24.5 Å². The molecular formula is C16H20N4. The maximum atomic E-state index is 4.69. The Hall–Kier alpha value is -2.10. The highest BCUT2D eigenvalue weighted by Gasteiger charge is 2.15. The number of benzene rings is 1. The van der Waals surface area contributed by atoms with Gasteiger partial charge in [-0.2, -0.15) is 4.98 Å². The van der Waals surface area contributed by atoms with E-state index in [1.54, 1.807) is 0 Å². The lowest BCUT2D eigenvalue weighted by molar-refractivity contribution is 0.850. The predicted octanol–water partition coefficient (Wildman–Crippen LogP) is 2.71. The monoisotopic (exact) mass is 268 g/mol. The fourth-order valence-corrected chi connectivity index (χ4v) is 2.57. The Labute approximate surface area is 120 Å². The topological polar surface area (TPSA) is 32.3 Å². The van der Waals surface area contributed by atoms with Crippen LogP contribution in [0.5, 0.6) is 0 Å². The first kappa shape index (κ1) is 12.9. The molecule has 20 heavy (non-hydrogen) atoms. The van der Waals surface area contributed by atoms with Crippen molar-refractivity contribution in [3.63, 3.8) is 0 Å². The molecule has 1 fully saturated rings. The lowest BCUT2D eigenvalue weighted by Gasteiger charge is -2.20. The first-order valence-electron chi connectivity index (χ1n) is 7.16. The molecule has 0 unspecified atom stereocenters. The number of hydrogen-bond donors (Lipinski definition) is 0. The normalized spacial score (nSPS) is 14.6. The maximum absolute atomic E-state index is 4.69. The number of nitrogens with zero attached hydrogens (tertiary/aromatic N) is 4. The van der Waals surface area contributed by atoms with Gasteiger partial charge in [0.05, 0.1) is 0 Å². The summed E-state index contributed by atoms with van der Waals surface area (Å²) < 4.78 is 0. The molecule has 0 radical (unpaired) electrons. The summed E-state index contributed by atoms with van der Waals surface area (Å²) >= 11 is 0. The zero-order valence-corrected chi connectivity index (χ0v) is 11.9. The van der Waals surface area contributed by atoms with Gasteiger partial charge in [0.1, 0.15) is 5.82 Å². The number of aromatic nitrogens is 2. The van der Waals surface area contributed by atoms with Gasteiger partial charge in [0.15, 0.2) is 0 Å². The summed E-state index contributed by atoms with van der Waals surface area (Å²) in [6.07, 6.45) is 4.38.